The van der Waals surface area contributed by atoms with E-state index in [-0.39, 0.29) is 18.9 Å². The number of hydrogen-bond donors (Lipinski definition) is 1. The topological polar surface area (TPSA) is 79.7 Å². The molecular formula is C24H23F3N2O4S. The maximum atomic E-state index is 12.8. The van der Waals surface area contributed by atoms with Gasteiger partial charge in [-0.2, -0.15) is 13.2 Å². The highest BCUT2D eigenvalue weighted by atomic mass is 32.1. The Morgan fingerprint density at radius 1 is 1.09 bits per heavy atom. The second kappa shape index (κ2) is 10.3. The molecule has 0 unspecified atom stereocenters. The summed E-state index contributed by atoms with van der Waals surface area (Å²) in [7, 11) is 3.15. The van der Waals surface area contributed by atoms with Crippen molar-refractivity contribution in [2.24, 2.45) is 0 Å². The Morgan fingerprint density at radius 3 is 2.24 bits per heavy atom. The summed E-state index contributed by atoms with van der Waals surface area (Å²) in [5.74, 6) is -1.63. The molecule has 0 aliphatic carbocycles. The van der Waals surface area contributed by atoms with Crippen LogP contribution in [0, 0.1) is 6.92 Å². The molecule has 0 spiro atoms. The average molecular weight is 493 g/mol. The quantitative estimate of drug-likeness (QED) is 0.458. The van der Waals surface area contributed by atoms with E-state index < -0.39 is 23.6 Å². The Kier molecular flexibility index (Phi) is 7.61. The number of aryl methyl sites for hydroxylation is 1. The first-order chi connectivity index (χ1) is 16.0. The molecule has 3 aromatic rings. The number of aliphatic carboxylic acids is 1. The highest BCUT2D eigenvalue weighted by Gasteiger charge is 2.30. The first kappa shape index (κ1) is 25.2. The molecule has 0 bridgehead atoms. The molecule has 0 saturated heterocycles. The number of alkyl halides is 3. The van der Waals surface area contributed by atoms with Crippen LogP contribution < -0.4 is 4.74 Å². The van der Waals surface area contributed by atoms with Crippen LogP contribution in [0.25, 0.3) is 10.6 Å². The number of carbonyl (C=O) groups excluding carboxylic acids is 1. The van der Waals surface area contributed by atoms with Gasteiger partial charge in [0.1, 0.15) is 17.4 Å². The molecule has 0 saturated carbocycles. The van der Waals surface area contributed by atoms with Crippen LogP contribution in [0.2, 0.25) is 0 Å². The molecule has 10 heteroatoms. The molecule has 1 atom stereocenters. The summed E-state index contributed by atoms with van der Waals surface area (Å²) >= 11 is 1.33. The van der Waals surface area contributed by atoms with Crippen LogP contribution >= 0.6 is 11.3 Å². The third kappa shape index (κ3) is 6.13. The lowest BCUT2D eigenvalue weighted by molar-refractivity contribution is -0.141. The highest BCUT2D eigenvalue weighted by Crippen LogP contribution is 2.33. The largest absolute Gasteiger partial charge is 0.488 e. The summed E-state index contributed by atoms with van der Waals surface area (Å²) in [5, 5.41) is 9.75. The number of halogens is 3. The molecule has 0 aliphatic rings. The molecule has 1 heterocycles. The van der Waals surface area contributed by atoms with Crippen molar-refractivity contribution in [3.8, 4) is 16.3 Å². The first-order valence-electron chi connectivity index (χ1n) is 10.3. The third-order valence-electron chi connectivity index (χ3n) is 5.12. The van der Waals surface area contributed by atoms with Gasteiger partial charge in [0.25, 0.3) is 0 Å². The smallest absolute Gasteiger partial charge is 0.416 e. The van der Waals surface area contributed by atoms with Crippen molar-refractivity contribution in [2.45, 2.75) is 32.0 Å². The van der Waals surface area contributed by atoms with E-state index in [4.69, 9.17) is 9.84 Å². The fraction of sp³-hybridized carbons (Fsp3) is 0.292. The number of carbonyl (C=O) groups is 2. The van der Waals surface area contributed by atoms with Gasteiger partial charge in [0, 0.05) is 19.7 Å². The highest BCUT2D eigenvalue weighted by molar-refractivity contribution is 7.15. The van der Waals surface area contributed by atoms with Gasteiger partial charge in [-0.05, 0) is 36.8 Å². The van der Waals surface area contributed by atoms with Gasteiger partial charge in [-0.15, -0.1) is 11.3 Å². The Bertz CT molecular complexity index is 1160. The van der Waals surface area contributed by atoms with Crippen LogP contribution in [0.5, 0.6) is 5.75 Å². The number of aromatic nitrogens is 1. The van der Waals surface area contributed by atoms with E-state index in [1.54, 1.807) is 45.3 Å². The minimum absolute atomic E-state index is 0.207. The number of nitrogens with zero attached hydrogens (tertiary/aromatic N) is 2. The summed E-state index contributed by atoms with van der Waals surface area (Å²) in [5.41, 5.74) is 1.17. The van der Waals surface area contributed by atoms with Crippen LogP contribution in [0.3, 0.4) is 0 Å². The van der Waals surface area contributed by atoms with Gasteiger partial charge < -0.3 is 14.7 Å². The van der Waals surface area contributed by atoms with E-state index in [1.807, 2.05) is 0 Å². The van der Waals surface area contributed by atoms with Crippen molar-refractivity contribution in [1.29, 1.82) is 0 Å². The maximum absolute atomic E-state index is 12.8. The Labute approximate surface area is 198 Å². The van der Waals surface area contributed by atoms with E-state index in [0.717, 1.165) is 22.7 Å². The van der Waals surface area contributed by atoms with Crippen molar-refractivity contribution in [1.82, 2.24) is 9.88 Å². The molecule has 2 aromatic carbocycles. The molecule has 0 aliphatic heterocycles. The molecule has 1 amide bonds. The molecule has 3 rings (SSSR count). The van der Waals surface area contributed by atoms with Crippen molar-refractivity contribution >= 4 is 23.2 Å². The van der Waals surface area contributed by atoms with E-state index in [0.29, 0.717) is 21.9 Å². The number of ether oxygens (including phenoxy) is 1. The van der Waals surface area contributed by atoms with Crippen molar-refractivity contribution in [3.63, 3.8) is 0 Å². The van der Waals surface area contributed by atoms with Crippen LogP contribution in [0.4, 0.5) is 13.2 Å². The monoisotopic (exact) mass is 492 g/mol. The van der Waals surface area contributed by atoms with E-state index in [9.17, 15) is 22.8 Å². The third-order valence-corrected chi connectivity index (χ3v) is 6.30. The predicted octanol–water partition coefficient (Wildman–Crippen LogP) is 5.36. The lowest BCUT2D eigenvalue weighted by Gasteiger charge is -2.19. The van der Waals surface area contributed by atoms with Gasteiger partial charge >= 0.3 is 12.1 Å². The number of hydrogen-bond acceptors (Lipinski definition) is 5. The molecular weight excluding hydrogens is 469 g/mol. The van der Waals surface area contributed by atoms with E-state index in [2.05, 4.69) is 4.98 Å². The van der Waals surface area contributed by atoms with Crippen molar-refractivity contribution < 1.29 is 32.6 Å². The number of rotatable bonds is 8. The van der Waals surface area contributed by atoms with Crippen molar-refractivity contribution in [3.05, 3.63) is 70.2 Å². The minimum atomic E-state index is -4.39. The number of carboxylic acid groups (broad SMARTS) is 1. The SMILES string of the molecule is Cc1nc(-c2ccc(C(F)(F)F)cc2)sc1COc1ccc([C@H](CC(=O)O)C(=O)N(C)C)cc1. The zero-order valence-electron chi connectivity index (χ0n) is 18.7. The standard InChI is InChI=1S/C24H23F3N2O4S/c1-14-20(34-22(28-14)16-4-8-17(9-5-16)24(25,26)27)13-33-18-10-6-15(7-11-18)19(12-21(30)31)23(32)29(2)3/h4-11,19H,12-13H2,1-3H3,(H,30,31)/t19-/m0/s1. The van der Waals surface area contributed by atoms with Gasteiger partial charge in [0.05, 0.1) is 28.5 Å². The lowest BCUT2D eigenvalue weighted by atomic mass is 9.94. The zero-order valence-corrected chi connectivity index (χ0v) is 19.5. The van der Waals surface area contributed by atoms with Crippen LogP contribution in [0.1, 0.15) is 34.0 Å². The fourth-order valence-corrected chi connectivity index (χ4v) is 4.25. The molecule has 1 aromatic heterocycles. The predicted molar refractivity (Wildman–Crippen MR) is 122 cm³/mol. The second-order valence-electron chi connectivity index (χ2n) is 7.84. The van der Waals surface area contributed by atoms with Crippen molar-refractivity contribution in [2.75, 3.05) is 14.1 Å². The molecule has 0 radical (unpaired) electrons. The summed E-state index contributed by atoms with van der Waals surface area (Å²) in [4.78, 5) is 30.2. The second-order valence-corrected chi connectivity index (χ2v) is 8.93. The van der Waals surface area contributed by atoms with E-state index in [1.165, 1.54) is 28.4 Å². The van der Waals surface area contributed by atoms with Crippen LogP contribution in [-0.2, 0) is 22.4 Å². The maximum Gasteiger partial charge on any atom is 0.416 e. The summed E-state index contributed by atoms with van der Waals surface area (Å²) in [6.45, 7) is 2.01. The number of likely N-dealkylation sites (N-methyl/N-ethyl adjacent to an activating group) is 1. The van der Waals surface area contributed by atoms with Gasteiger partial charge in [0.15, 0.2) is 0 Å². The van der Waals surface area contributed by atoms with Crippen LogP contribution in [-0.4, -0.2) is 41.0 Å². The summed E-state index contributed by atoms with van der Waals surface area (Å²) in [6, 6.07) is 11.5. The molecule has 0 fully saturated rings. The number of thiazole rings is 1. The van der Waals surface area contributed by atoms with Gasteiger partial charge in [0.2, 0.25) is 5.91 Å². The number of amides is 1. The molecule has 6 nitrogen and oxygen atoms in total. The Balaban J connectivity index is 1.69. The molecule has 180 valence electrons. The van der Waals surface area contributed by atoms with Gasteiger partial charge in [-0.1, -0.05) is 24.3 Å². The number of benzene rings is 2. The minimum Gasteiger partial charge on any atom is -0.488 e. The van der Waals surface area contributed by atoms with Gasteiger partial charge in [-0.3, -0.25) is 9.59 Å². The Hall–Kier alpha value is -3.40. The Morgan fingerprint density at radius 2 is 1.71 bits per heavy atom. The normalized spacial score (nSPS) is 12.3. The van der Waals surface area contributed by atoms with Gasteiger partial charge in [-0.25, -0.2) is 4.98 Å². The molecule has 1 N–H and O–H groups in total. The summed E-state index contributed by atoms with van der Waals surface area (Å²) < 4.78 is 44.2. The van der Waals surface area contributed by atoms with E-state index >= 15 is 0 Å². The summed E-state index contributed by atoms with van der Waals surface area (Å²) in [6.07, 6.45) is -4.71. The van der Waals surface area contributed by atoms with Crippen LogP contribution in [0.15, 0.2) is 48.5 Å². The first-order valence-corrected chi connectivity index (χ1v) is 11.1. The molecule has 34 heavy (non-hydrogen) atoms. The lowest BCUT2D eigenvalue weighted by Crippen LogP contribution is -2.29. The zero-order chi connectivity index (χ0) is 25.0. The number of carboxylic acids is 1. The average Bonchev–Trinajstić information content (AvgIpc) is 3.16. The fourth-order valence-electron chi connectivity index (χ4n) is 3.27.